The molecule has 0 N–H and O–H groups in total. The van der Waals surface area contributed by atoms with Gasteiger partial charge in [0, 0.05) is 26.8 Å². The third kappa shape index (κ3) is 7.28. The molecule has 0 radical (unpaired) electrons. The van der Waals surface area contributed by atoms with Crippen LogP contribution in [-0.2, 0) is 23.8 Å². The van der Waals surface area contributed by atoms with E-state index in [9.17, 15) is 9.59 Å². The fraction of sp³-hybridized carbons (Fsp3) is 0.474. The van der Waals surface area contributed by atoms with Crippen LogP contribution in [-0.4, -0.2) is 71.7 Å². The predicted molar refractivity (Wildman–Crippen MR) is 99.6 cm³/mol. The number of rotatable bonds is 11. The van der Waals surface area contributed by atoms with Crippen molar-refractivity contribution in [3.05, 3.63) is 29.8 Å². The van der Waals surface area contributed by atoms with Crippen molar-refractivity contribution in [2.75, 3.05) is 48.6 Å². The maximum absolute atomic E-state index is 12.6. The minimum Gasteiger partial charge on any atom is -0.493 e. The van der Waals surface area contributed by atoms with Crippen molar-refractivity contribution < 1.29 is 33.3 Å². The summed E-state index contributed by atoms with van der Waals surface area (Å²) in [6, 6.07) is 5.31. The molecule has 0 unspecified atom stereocenters. The zero-order valence-corrected chi connectivity index (χ0v) is 16.4. The number of hydrogen-bond acceptors (Lipinski definition) is 7. The van der Waals surface area contributed by atoms with Crippen LogP contribution in [0.25, 0.3) is 6.08 Å². The van der Waals surface area contributed by atoms with Crippen LogP contribution < -0.4 is 9.47 Å². The van der Waals surface area contributed by atoms with Crippen molar-refractivity contribution in [2.45, 2.75) is 12.7 Å². The molecule has 8 nitrogen and oxygen atoms in total. The second kappa shape index (κ2) is 11.9. The minimum absolute atomic E-state index is 0.0760. The number of carbonyl (C=O) groups is 2. The molecule has 8 heteroatoms. The first-order valence-corrected chi connectivity index (χ1v) is 8.30. The summed E-state index contributed by atoms with van der Waals surface area (Å²) in [6.45, 7) is 0.365. The Morgan fingerprint density at radius 2 is 1.70 bits per heavy atom. The standard InChI is InChI=1S/C19H27NO7/c1-23-15-8-6-14(12-16(15)24-2)7-9-17(21)20(11-10-18(22)25-3)13-19(26-4)27-5/h6-9,12,19H,10-11,13H2,1-5H3. The van der Waals surface area contributed by atoms with Gasteiger partial charge in [-0.05, 0) is 23.8 Å². The molecule has 150 valence electrons. The van der Waals surface area contributed by atoms with Gasteiger partial charge in [0.25, 0.3) is 0 Å². The number of benzene rings is 1. The zero-order chi connectivity index (χ0) is 20.2. The fourth-order valence-electron chi connectivity index (χ4n) is 2.27. The summed E-state index contributed by atoms with van der Waals surface area (Å²) < 4.78 is 25.4. The van der Waals surface area contributed by atoms with Crippen LogP contribution in [0.3, 0.4) is 0 Å². The Labute approximate surface area is 159 Å². The Kier molecular flexibility index (Phi) is 9.92. The van der Waals surface area contributed by atoms with Gasteiger partial charge in [-0.25, -0.2) is 0 Å². The first-order valence-electron chi connectivity index (χ1n) is 8.30. The molecule has 0 saturated carbocycles. The van der Waals surface area contributed by atoms with Crippen molar-refractivity contribution >= 4 is 18.0 Å². The predicted octanol–water partition coefficient (Wildman–Crippen LogP) is 1.73. The normalized spacial score (nSPS) is 10.9. The molecule has 1 aromatic carbocycles. The van der Waals surface area contributed by atoms with Crippen LogP contribution in [0, 0.1) is 0 Å². The van der Waals surface area contributed by atoms with E-state index >= 15 is 0 Å². The maximum atomic E-state index is 12.6. The van der Waals surface area contributed by atoms with Gasteiger partial charge < -0.3 is 28.6 Å². The van der Waals surface area contributed by atoms with Crippen molar-refractivity contribution in [1.82, 2.24) is 4.90 Å². The molecule has 0 saturated heterocycles. The van der Waals surface area contributed by atoms with E-state index in [4.69, 9.17) is 18.9 Å². The highest BCUT2D eigenvalue weighted by atomic mass is 16.7. The molecule has 27 heavy (non-hydrogen) atoms. The summed E-state index contributed by atoms with van der Waals surface area (Å²) in [4.78, 5) is 25.5. The van der Waals surface area contributed by atoms with Crippen LogP contribution in [0.2, 0.25) is 0 Å². The zero-order valence-electron chi connectivity index (χ0n) is 16.4. The van der Waals surface area contributed by atoms with Crippen molar-refractivity contribution in [3.8, 4) is 11.5 Å². The van der Waals surface area contributed by atoms with E-state index in [0.717, 1.165) is 5.56 Å². The van der Waals surface area contributed by atoms with E-state index in [-0.39, 0.29) is 25.4 Å². The van der Waals surface area contributed by atoms with E-state index in [2.05, 4.69) is 4.74 Å². The molecule has 0 bridgehead atoms. The monoisotopic (exact) mass is 381 g/mol. The molecule has 0 aliphatic carbocycles. The van der Waals surface area contributed by atoms with Crippen molar-refractivity contribution in [2.24, 2.45) is 0 Å². The van der Waals surface area contributed by atoms with Crippen LogP contribution >= 0.6 is 0 Å². The average Bonchev–Trinajstić information content (AvgIpc) is 2.71. The Morgan fingerprint density at radius 3 is 2.26 bits per heavy atom. The molecule has 0 aliphatic heterocycles. The van der Waals surface area contributed by atoms with Crippen molar-refractivity contribution in [3.63, 3.8) is 0 Å². The van der Waals surface area contributed by atoms with E-state index < -0.39 is 12.3 Å². The Morgan fingerprint density at radius 1 is 1.04 bits per heavy atom. The molecule has 0 aromatic heterocycles. The molecule has 0 spiro atoms. The quantitative estimate of drug-likeness (QED) is 0.328. The van der Waals surface area contributed by atoms with Gasteiger partial charge in [-0.1, -0.05) is 6.07 Å². The van der Waals surface area contributed by atoms with E-state index in [0.29, 0.717) is 11.5 Å². The number of hydrogen-bond donors (Lipinski definition) is 0. The molecule has 1 amide bonds. The number of ether oxygens (including phenoxy) is 5. The molecule has 0 aliphatic rings. The second-order valence-electron chi connectivity index (χ2n) is 5.46. The third-order valence-corrected chi connectivity index (χ3v) is 3.85. The van der Waals surface area contributed by atoms with Gasteiger partial charge in [0.1, 0.15) is 0 Å². The second-order valence-corrected chi connectivity index (χ2v) is 5.46. The molecular formula is C19H27NO7. The van der Waals surface area contributed by atoms with Gasteiger partial charge in [-0.15, -0.1) is 0 Å². The van der Waals surface area contributed by atoms with Gasteiger partial charge in [0.2, 0.25) is 5.91 Å². The van der Waals surface area contributed by atoms with Crippen LogP contribution in [0.1, 0.15) is 12.0 Å². The highest BCUT2D eigenvalue weighted by molar-refractivity contribution is 5.92. The summed E-state index contributed by atoms with van der Waals surface area (Å²) in [5.74, 6) is 0.480. The molecule has 1 aromatic rings. The Bertz CT molecular complexity index is 641. The summed E-state index contributed by atoms with van der Waals surface area (Å²) >= 11 is 0. The third-order valence-electron chi connectivity index (χ3n) is 3.85. The van der Waals surface area contributed by atoms with Crippen molar-refractivity contribution in [1.29, 1.82) is 0 Å². The maximum Gasteiger partial charge on any atom is 0.307 e. The first kappa shape index (κ1) is 22.5. The van der Waals surface area contributed by atoms with Gasteiger partial charge in [0.15, 0.2) is 17.8 Å². The lowest BCUT2D eigenvalue weighted by Crippen LogP contribution is -2.39. The highest BCUT2D eigenvalue weighted by Gasteiger charge is 2.18. The lowest BCUT2D eigenvalue weighted by atomic mass is 10.2. The lowest BCUT2D eigenvalue weighted by molar-refractivity contribution is -0.146. The minimum atomic E-state index is -0.596. The Hall–Kier alpha value is -2.58. The smallest absolute Gasteiger partial charge is 0.307 e. The first-order chi connectivity index (χ1) is 13.0. The largest absolute Gasteiger partial charge is 0.493 e. The topological polar surface area (TPSA) is 83.5 Å². The van der Waals surface area contributed by atoms with Gasteiger partial charge in [-0.2, -0.15) is 0 Å². The van der Waals surface area contributed by atoms with E-state index in [1.165, 1.54) is 32.3 Å². The van der Waals surface area contributed by atoms with Crippen LogP contribution in [0.5, 0.6) is 11.5 Å². The number of amides is 1. The molecular weight excluding hydrogens is 354 g/mol. The highest BCUT2D eigenvalue weighted by Crippen LogP contribution is 2.27. The number of nitrogens with zero attached hydrogens (tertiary/aromatic N) is 1. The van der Waals surface area contributed by atoms with Crippen LogP contribution in [0.15, 0.2) is 24.3 Å². The van der Waals surface area contributed by atoms with E-state index in [1.54, 1.807) is 38.5 Å². The van der Waals surface area contributed by atoms with Gasteiger partial charge in [-0.3, -0.25) is 9.59 Å². The molecule has 0 fully saturated rings. The molecule has 1 rings (SSSR count). The van der Waals surface area contributed by atoms with E-state index in [1.807, 2.05) is 0 Å². The van der Waals surface area contributed by atoms with Crippen LogP contribution in [0.4, 0.5) is 0 Å². The summed E-state index contributed by atoms with van der Waals surface area (Å²) in [5.41, 5.74) is 0.768. The molecule has 0 atom stereocenters. The molecule has 0 heterocycles. The number of esters is 1. The lowest BCUT2D eigenvalue weighted by Gasteiger charge is -2.25. The summed E-state index contributed by atoms with van der Waals surface area (Å²) in [5, 5.41) is 0. The summed E-state index contributed by atoms with van der Waals surface area (Å²) in [6.07, 6.45) is 2.55. The Balaban J connectivity index is 2.89. The van der Waals surface area contributed by atoms with Gasteiger partial charge in [0.05, 0.1) is 34.3 Å². The average molecular weight is 381 g/mol. The van der Waals surface area contributed by atoms with Gasteiger partial charge >= 0.3 is 5.97 Å². The number of carbonyl (C=O) groups excluding carboxylic acids is 2. The fourth-order valence-corrected chi connectivity index (χ4v) is 2.27. The number of methoxy groups -OCH3 is 5. The summed E-state index contributed by atoms with van der Waals surface area (Å²) in [7, 11) is 7.37. The SMILES string of the molecule is COC(=O)CCN(CC(OC)OC)C(=O)C=Cc1ccc(OC)c(OC)c1.